The molecule has 4 nitrogen and oxygen atoms in total. The third kappa shape index (κ3) is 5.57. The Balaban J connectivity index is 1.67. The Hall–Kier alpha value is -2.57. The molecule has 3 rings (SSSR count). The predicted molar refractivity (Wildman–Crippen MR) is 123 cm³/mol. The van der Waals surface area contributed by atoms with Crippen LogP contribution < -0.4 is 5.32 Å². The lowest BCUT2D eigenvalue weighted by Crippen LogP contribution is -2.20. The first-order valence-electron chi connectivity index (χ1n) is 9.71. The highest BCUT2D eigenvalue weighted by molar-refractivity contribution is 6.36. The quantitative estimate of drug-likeness (QED) is 0.500. The van der Waals surface area contributed by atoms with E-state index < -0.39 is 6.61 Å². The zero-order valence-electron chi connectivity index (χ0n) is 17.1. The van der Waals surface area contributed by atoms with Crippen LogP contribution >= 0.6 is 23.2 Å². The largest absolute Gasteiger partial charge is 0.432 e. The fourth-order valence-corrected chi connectivity index (χ4v) is 4.06. The molecule has 0 saturated heterocycles. The van der Waals surface area contributed by atoms with E-state index in [1.807, 2.05) is 30.3 Å². The molecule has 0 fully saturated rings. The van der Waals surface area contributed by atoms with Gasteiger partial charge in [-0.2, -0.15) is 13.9 Å². The van der Waals surface area contributed by atoms with E-state index in [2.05, 4.69) is 28.3 Å². The molecule has 0 radical (unpaired) electrons. The number of allylic oxidation sites excluding steroid dienone is 5. The van der Waals surface area contributed by atoms with E-state index in [4.69, 9.17) is 23.2 Å². The summed E-state index contributed by atoms with van der Waals surface area (Å²) in [5, 5.41) is 10.1. The van der Waals surface area contributed by atoms with Gasteiger partial charge in [0.05, 0.1) is 17.5 Å². The number of likely N-dealkylation sites (N-methyl/N-ethyl adjacent to an activating group) is 1. The Bertz CT molecular complexity index is 995. The summed E-state index contributed by atoms with van der Waals surface area (Å²) >= 11 is 12.6. The molecule has 2 aliphatic rings. The molecular weight excluding hydrogens is 443 g/mol. The van der Waals surface area contributed by atoms with Gasteiger partial charge in [0.15, 0.2) is 5.76 Å². The second-order valence-electron chi connectivity index (χ2n) is 7.06. The van der Waals surface area contributed by atoms with Gasteiger partial charge >= 0.3 is 6.61 Å². The summed E-state index contributed by atoms with van der Waals surface area (Å²) in [6.45, 7) is 5.68. The number of ether oxygens (including phenoxy) is 1. The van der Waals surface area contributed by atoms with E-state index in [0.29, 0.717) is 33.6 Å². The molecule has 1 N–H and O–H groups in total. The van der Waals surface area contributed by atoms with Crippen LogP contribution in [0, 0.1) is 0 Å². The highest BCUT2D eigenvalue weighted by atomic mass is 35.5. The zero-order valence-corrected chi connectivity index (χ0v) is 18.6. The summed E-state index contributed by atoms with van der Waals surface area (Å²) < 4.78 is 30.2. The molecule has 0 aromatic heterocycles. The number of hydrazone groups is 1. The number of hydrogen-bond acceptors (Lipinski definition) is 4. The molecule has 164 valence electrons. The third-order valence-corrected chi connectivity index (χ3v) is 5.71. The van der Waals surface area contributed by atoms with Gasteiger partial charge in [-0.15, -0.1) is 0 Å². The molecule has 0 amide bonds. The van der Waals surface area contributed by atoms with Gasteiger partial charge in [0.2, 0.25) is 0 Å². The Morgan fingerprint density at radius 1 is 1.29 bits per heavy atom. The average molecular weight is 466 g/mol. The maximum atomic E-state index is 12.8. The second-order valence-corrected chi connectivity index (χ2v) is 7.92. The minimum atomic E-state index is -2.94. The maximum absolute atomic E-state index is 12.8. The first kappa shape index (κ1) is 23.1. The molecule has 8 heteroatoms. The van der Waals surface area contributed by atoms with Gasteiger partial charge in [-0.25, -0.2) is 0 Å². The number of nitrogens with one attached hydrogen (secondary N) is 1. The van der Waals surface area contributed by atoms with E-state index >= 15 is 0 Å². The molecule has 1 aromatic carbocycles. The van der Waals surface area contributed by atoms with Gasteiger partial charge in [-0.05, 0) is 30.4 Å². The van der Waals surface area contributed by atoms with Crippen molar-refractivity contribution >= 4 is 35.0 Å². The normalized spacial score (nSPS) is 16.8. The van der Waals surface area contributed by atoms with Crippen LogP contribution in [0.5, 0.6) is 0 Å². The number of rotatable bonds is 8. The van der Waals surface area contributed by atoms with Crippen LogP contribution in [-0.4, -0.2) is 31.4 Å². The van der Waals surface area contributed by atoms with Crippen molar-refractivity contribution in [2.45, 2.75) is 25.9 Å². The number of nitrogens with zero attached hydrogens (tertiary/aromatic N) is 2. The monoisotopic (exact) mass is 465 g/mol. The van der Waals surface area contributed by atoms with Crippen LogP contribution in [0.15, 0.2) is 81.4 Å². The van der Waals surface area contributed by atoms with Crippen LogP contribution in [0.3, 0.4) is 0 Å². The van der Waals surface area contributed by atoms with Gasteiger partial charge in [0, 0.05) is 34.9 Å². The van der Waals surface area contributed by atoms with Gasteiger partial charge in [0.1, 0.15) is 0 Å². The highest BCUT2D eigenvalue weighted by Crippen LogP contribution is 2.34. The van der Waals surface area contributed by atoms with E-state index in [1.54, 1.807) is 7.05 Å². The second kappa shape index (κ2) is 10.2. The first-order valence-corrected chi connectivity index (χ1v) is 10.5. The summed E-state index contributed by atoms with van der Waals surface area (Å²) in [6.07, 6.45) is 5.52. The highest BCUT2D eigenvalue weighted by Gasteiger charge is 2.22. The number of halogens is 4. The van der Waals surface area contributed by atoms with Crippen molar-refractivity contribution in [3.63, 3.8) is 0 Å². The smallest absolute Gasteiger partial charge is 0.387 e. The minimum absolute atomic E-state index is 0.00798. The predicted octanol–water partition coefficient (Wildman–Crippen LogP) is 6.14. The van der Waals surface area contributed by atoms with Crippen molar-refractivity contribution in [2.24, 2.45) is 5.10 Å². The van der Waals surface area contributed by atoms with Gasteiger partial charge in [-0.1, -0.05) is 66.7 Å². The van der Waals surface area contributed by atoms with Crippen molar-refractivity contribution in [3.05, 3.63) is 87.4 Å². The van der Waals surface area contributed by atoms with Gasteiger partial charge in [0.25, 0.3) is 0 Å². The molecule has 0 unspecified atom stereocenters. The van der Waals surface area contributed by atoms with Crippen molar-refractivity contribution in [1.82, 2.24) is 10.3 Å². The molecule has 31 heavy (non-hydrogen) atoms. The average Bonchev–Trinajstić information content (AvgIpc) is 2.71. The SMILES string of the molecule is C=C(NCCc1ccc(C2=C(OC(F)F)C=NN(C)C2=C)cc1)C1=C(Cl)CCC=C1Cl. The molecule has 1 aliphatic carbocycles. The summed E-state index contributed by atoms with van der Waals surface area (Å²) in [4.78, 5) is 0. The Labute approximate surface area is 190 Å². The maximum Gasteiger partial charge on any atom is 0.387 e. The van der Waals surface area contributed by atoms with Crippen LogP contribution in [0.2, 0.25) is 0 Å². The fourth-order valence-electron chi connectivity index (χ4n) is 3.35. The Morgan fingerprint density at radius 3 is 2.65 bits per heavy atom. The standard InChI is InChI=1S/C23H23Cl2F2N3O/c1-14(21-18(24)5-4-6-19(21)25)28-12-11-16-7-9-17(10-8-16)22-15(2)30(3)29-13-20(22)31-23(26)27/h5,7-10,13,23,28H,1-2,4,6,11-12H2,3H3. The summed E-state index contributed by atoms with van der Waals surface area (Å²) in [7, 11) is 1.69. The van der Waals surface area contributed by atoms with Crippen LogP contribution in [0.1, 0.15) is 24.0 Å². The summed E-state index contributed by atoms with van der Waals surface area (Å²) in [5.74, 6) is -0.00798. The zero-order chi connectivity index (χ0) is 22.5. The molecule has 1 aliphatic heterocycles. The molecule has 0 saturated carbocycles. The summed E-state index contributed by atoms with van der Waals surface area (Å²) in [5.41, 5.74) is 4.21. The van der Waals surface area contributed by atoms with Crippen molar-refractivity contribution in [1.29, 1.82) is 0 Å². The lowest BCUT2D eigenvalue weighted by molar-refractivity contribution is -0.0890. The van der Waals surface area contributed by atoms with Crippen molar-refractivity contribution in [2.75, 3.05) is 13.6 Å². The van der Waals surface area contributed by atoms with Crippen LogP contribution in [0.25, 0.3) is 5.57 Å². The van der Waals surface area contributed by atoms with E-state index in [9.17, 15) is 8.78 Å². The Morgan fingerprint density at radius 2 is 2.00 bits per heavy atom. The van der Waals surface area contributed by atoms with Gasteiger partial charge in [-0.3, -0.25) is 5.01 Å². The van der Waals surface area contributed by atoms with Crippen LogP contribution in [0.4, 0.5) is 8.78 Å². The number of alkyl halides is 2. The third-order valence-electron chi connectivity index (χ3n) is 4.98. The Kier molecular flexibility index (Phi) is 7.57. The van der Waals surface area contributed by atoms with Crippen LogP contribution in [-0.2, 0) is 11.2 Å². The molecule has 0 bridgehead atoms. The molecule has 1 aromatic rings. The number of benzene rings is 1. The number of hydrogen-bond donors (Lipinski definition) is 1. The van der Waals surface area contributed by atoms with E-state index in [1.165, 1.54) is 11.2 Å². The summed E-state index contributed by atoms with van der Waals surface area (Å²) in [6, 6.07) is 7.58. The molecule has 1 heterocycles. The lowest BCUT2D eigenvalue weighted by Gasteiger charge is -2.25. The van der Waals surface area contributed by atoms with Gasteiger partial charge < -0.3 is 10.1 Å². The molecule has 0 spiro atoms. The fraction of sp³-hybridized carbons (Fsp3) is 0.261. The van der Waals surface area contributed by atoms with Crippen molar-refractivity contribution in [3.8, 4) is 0 Å². The topological polar surface area (TPSA) is 36.9 Å². The molecular formula is C23H23Cl2F2N3O. The van der Waals surface area contributed by atoms with E-state index in [0.717, 1.165) is 36.0 Å². The molecule has 0 atom stereocenters. The first-order chi connectivity index (χ1) is 14.8. The lowest BCUT2D eigenvalue weighted by atomic mass is 9.99. The minimum Gasteiger partial charge on any atom is -0.432 e. The van der Waals surface area contributed by atoms with Crippen molar-refractivity contribution < 1.29 is 13.5 Å². The van der Waals surface area contributed by atoms with E-state index in [-0.39, 0.29) is 5.76 Å².